The standard InChI is InChI=1S/C14H22BrOSi/c1-14(2,3)12-10-11(8-9-15)6-7-13(12)16-17(4)5/h6-7,10H,8-9H2,1-5H3. The highest BCUT2D eigenvalue weighted by molar-refractivity contribution is 9.09. The molecule has 0 spiro atoms. The van der Waals surface area contributed by atoms with Crippen molar-refractivity contribution in [2.45, 2.75) is 45.7 Å². The third kappa shape index (κ3) is 4.47. The minimum Gasteiger partial charge on any atom is -0.542 e. The lowest BCUT2D eigenvalue weighted by atomic mass is 9.85. The Labute approximate surface area is 115 Å². The fraction of sp³-hybridized carbons (Fsp3) is 0.571. The molecule has 0 aromatic heterocycles. The molecule has 1 aromatic carbocycles. The number of halogens is 1. The summed E-state index contributed by atoms with van der Waals surface area (Å²) in [6.45, 7) is 11.1. The first kappa shape index (κ1) is 14.8. The summed E-state index contributed by atoms with van der Waals surface area (Å²) in [5.74, 6) is 1.06. The van der Waals surface area contributed by atoms with Gasteiger partial charge >= 0.3 is 0 Å². The lowest BCUT2D eigenvalue weighted by Crippen LogP contribution is -2.18. The molecule has 1 nitrogen and oxygen atoms in total. The average Bonchev–Trinajstić information content (AvgIpc) is 2.18. The van der Waals surface area contributed by atoms with Crippen molar-refractivity contribution in [3.05, 3.63) is 29.3 Å². The minimum absolute atomic E-state index is 0.134. The zero-order valence-electron chi connectivity index (χ0n) is 11.4. The number of rotatable bonds is 4. The SMILES string of the molecule is C[Si](C)Oc1ccc(CCBr)cc1C(C)(C)C. The van der Waals surface area contributed by atoms with Crippen LogP contribution in [-0.4, -0.2) is 14.4 Å². The van der Waals surface area contributed by atoms with E-state index in [4.69, 9.17) is 4.43 Å². The smallest absolute Gasteiger partial charge is 0.274 e. The van der Waals surface area contributed by atoms with Gasteiger partial charge in [0, 0.05) is 5.33 Å². The van der Waals surface area contributed by atoms with E-state index < -0.39 is 9.04 Å². The Kier molecular flexibility index (Phi) is 5.26. The number of alkyl halides is 1. The molecule has 1 radical (unpaired) electrons. The molecule has 0 fully saturated rings. The first-order chi connectivity index (χ1) is 7.84. The van der Waals surface area contributed by atoms with Crippen molar-refractivity contribution >= 4 is 25.0 Å². The second kappa shape index (κ2) is 6.05. The van der Waals surface area contributed by atoms with E-state index in [0.29, 0.717) is 0 Å². The second-order valence-corrected chi connectivity index (χ2v) is 8.34. The molecule has 0 aliphatic rings. The van der Waals surface area contributed by atoms with Gasteiger partial charge in [-0.3, -0.25) is 0 Å². The average molecular weight is 314 g/mol. The Hall–Kier alpha value is -0.283. The molecule has 0 N–H and O–H groups in total. The fourth-order valence-electron chi connectivity index (χ4n) is 1.74. The normalized spacial score (nSPS) is 11.9. The maximum absolute atomic E-state index is 6.00. The van der Waals surface area contributed by atoms with Crippen LogP contribution in [0.4, 0.5) is 0 Å². The summed E-state index contributed by atoms with van der Waals surface area (Å²) in [4.78, 5) is 0. The third-order valence-corrected chi connectivity index (χ3v) is 3.57. The van der Waals surface area contributed by atoms with Crippen LogP contribution in [0, 0.1) is 0 Å². The van der Waals surface area contributed by atoms with Crippen LogP contribution in [0.2, 0.25) is 13.1 Å². The summed E-state index contributed by atoms with van der Waals surface area (Å²) in [5, 5.41) is 1.01. The molecule has 0 aliphatic heterocycles. The summed E-state index contributed by atoms with van der Waals surface area (Å²) in [6, 6.07) is 6.61. The van der Waals surface area contributed by atoms with Gasteiger partial charge in [0.2, 0.25) is 0 Å². The molecule has 1 aromatic rings. The Morgan fingerprint density at radius 3 is 2.35 bits per heavy atom. The molecule has 0 amide bonds. The molecule has 1 rings (SSSR count). The van der Waals surface area contributed by atoms with Gasteiger partial charge in [0.15, 0.2) is 0 Å². The van der Waals surface area contributed by atoms with Gasteiger partial charge in [-0.2, -0.15) is 0 Å². The lowest BCUT2D eigenvalue weighted by molar-refractivity contribution is 0.520. The van der Waals surface area contributed by atoms with E-state index in [1.54, 1.807) is 0 Å². The van der Waals surface area contributed by atoms with E-state index in [2.05, 4.69) is 68.0 Å². The quantitative estimate of drug-likeness (QED) is 0.585. The molecule has 0 bridgehead atoms. The highest BCUT2D eigenvalue weighted by Gasteiger charge is 2.20. The second-order valence-electron chi connectivity index (χ2n) is 5.53. The van der Waals surface area contributed by atoms with Gasteiger partial charge in [-0.05, 0) is 42.1 Å². The van der Waals surface area contributed by atoms with Crippen molar-refractivity contribution < 1.29 is 4.43 Å². The van der Waals surface area contributed by atoms with E-state index in [-0.39, 0.29) is 5.41 Å². The van der Waals surface area contributed by atoms with Crippen molar-refractivity contribution in [2.24, 2.45) is 0 Å². The Morgan fingerprint density at radius 1 is 1.24 bits per heavy atom. The van der Waals surface area contributed by atoms with Crippen molar-refractivity contribution in [2.75, 3.05) is 5.33 Å². The maximum Gasteiger partial charge on any atom is 0.274 e. The van der Waals surface area contributed by atoms with Crippen molar-refractivity contribution in [3.63, 3.8) is 0 Å². The van der Waals surface area contributed by atoms with Gasteiger partial charge in [0.05, 0.1) is 0 Å². The van der Waals surface area contributed by atoms with E-state index in [0.717, 1.165) is 17.5 Å². The minimum atomic E-state index is -0.703. The Bertz CT molecular complexity index is 369. The molecule has 95 valence electrons. The zero-order chi connectivity index (χ0) is 13.1. The van der Waals surface area contributed by atoms with Crippen LogP contribution >= 0.6 is 15.9 Å². The van der Waals surface area contributed by atoms with E-state index in [1.807, 2.05) is 0 Å². The number of hydrogen-bond acceptors (Lipinski definition) is 1. The van der Waals surface area contributed by atoms with Crippen LogP contribution in [0.1, 0.15) is 31.9 Å². The van der Waals surface area contributed by atoms with E-state index in [9.17, 15) is 0 Å². The van der Waals surface area contributed by atoms with Crippen LogP contribution in [0.15, 0.2) is 18.2 Å². The van der Waals surface area contributed by atoms with Gasteiger partial charge in [0.1, 0.15) is 5.75 Å². The zero-order valence-corrected chi connectivity index (χ0v) is 14.0. The van der Waals surface area contributed by atoms with Crippen LogP contribution < -0.4 is 4.43 Å². The summed E-state index contributed by atoms with van der Waals surface area (Å²) >= 11 is 3.49. The molecule has 17 heavy (non-hydrogen) atoms. The fourth-order valence-corrected chi connectivity index (χ4v) is 2.81. The maximum atomic E-state index is 6.00. The predicted molar refractivity (Wildman–Crippen MR) is 80.8 cm³/mol. The molecular weight excluding hydrogens is 292 g/mol. The molecule has 0 unspecified atom stereocenters. The first-order valence-electron chi connectivity index (χ1n) is 6.02. The third-order valence-electron chi connectivity index (χ3n) is 2.55. The van der Waals surface area contributed by atoms with E-state index >= 15 is 0 Å². The Morgan fingerprint density at radius 2 is 1.88 bits per heavy atom. The monoisotopic (exact) mass is 313 g/mol. The summed E-state index contributed by atoms with van der Waals surface area (Å²) < 4.78 is 6.00. The molecular formula is C14H22BrOSi. The Balaban J connectivity index is 3.12. The summed E-state index contributed by atoms with van der Waals surface area (Å²) in [7, 11) is -0.703. The highest BCUT2D eigenvalue weighted by Crippen LogP contribution is 2.32. The van der Waals surface area contributed by atoms with Crippen LogP contribution in [0.3, 0.4) is 0 Å². The predicted octanol–water partition coefficient (Wildman–Crippen LogP) is 4.55. The van der Waals surface area contributed by atoms with Gasteiger partial charge in [-0.1, -0.05) is 48.8 Å². The van der Waals surface area contributed by atoms with Crippen molar-refractivity contribution in [3.8, 4) is 5.75 Å². The molecule has 0 heterocycles. The summed E-state index contributed by atoms with van der Waals surface area (Å²) in [5.41, 5.74) is 2.83. The largest absolute Gasteiger partial charge is 0.542 e. The topological polar surface area (TPSA) is 9.23 Å². The first-order valence-corrected chi connectivity index (χ1v) is 9.55. The molecule has 0 aliphatic carbocycles. The van der Waals surface area contributed by atoms with Gasteiger partial charge in [-0.15, -0.1) is 0 Å². The van der Waals surface area contributed by atoms with Crippen molar-refractivity contribution in [1.29, 1.82) is 0 Å². The van der Waals surface area contributed by atoms with Gasteiger partial charge < -0.3 is 4.43 Å². The summed E-state index contributed by atoms with van der Waals surface area (Å²) in [6.07, 6.45) is 1.07. The molecule has 0 saturated carbocycles. The molecule has 3 heteroatoms. The number of benzene rings is 1. The van der Waals surface area contributed by atoms with Crippen molar-refractivity contribution in [1.82, 2.24) is 0 Å². The van der Waals surface area contributed by atoms with Crippen LogP contribution in [0.25, 0.3) is 0 Å². The molecule has 0 saturated heterocycles. The highest BCUT2D eigenvalue weighted by atomic mass is 79.9. The van der Waals surface area contributed by atoms with E-state index in [1.165, 1.54) is 11.1 Å². The van der Waals surface area contributed by atoms with Crippen LogP contribution in [-0.2, 0) is 11.8 Å². The lowest BCUT2D eigenvalue weighted by Gasteiger charge is -2.24. The number of aryl methyl sites for hydroxylation is 1. The molecule has 0 atom stereocenters. The number of hydrogen-bond donors (Lipinski definition) is 0. The van der Waals surface area contributed by atoms with Gasteiger partial charge in [0.25, 0.3) is 9.04 Å². The van der Waals surface area contributed by atoms with Gasteiger partial charge in [-0.25, -0.2) is 0 Å². The van der Waals surface area contributed by atoms with Crippen LogP contribution in [0.5, 0.6) is 5.75 Å².